The maximum Gasteiger partial charge on any atom is 0.129 e. The highest BCUT2D eigenvalue weighted by Crippen LogP contribution is 2.23. The first-order valence-corrected chi connectivity index (χ1v) is 6.05. The summed E-state index contributed by atoms with van der Waals surface area (Å²) in [5.74, 6) is 1.42. The van der Waals surface area contributed by atoms with Crippen LogP contribution in [0.15, 0.2) is 18.3 Å². The molecule has 1 N–H and O–H groups in total. The Labute approximate surface area is 102 Å². The predicted octanol–water partition coefficient (Wildman–Crippen LogP) is 1.55. The lowest BCUT2D eigenvalue weighted by Crippen LogP contribution is -2.36. The third kappa shape index (κ3) is 2.95. The van der Waals surface area contributed by atoms with Crippen molar-refractivity contribution >= 4 is 5.82 Å². The minimum Gasteiger partial charge on any atom is -0.396 e. The van der Waals surface area contributed by atoms with E-state index in [2.05, 4.69) is 16.0 Å². The van der Waals surface area contributed by atoms with Crippen molar-refractivity contribution in [1.82, 2.24) is 4.98 Å². The summed E-state index contributed by atoms with van der Waals surface area (Å²) in [5, 5.41) is 17.8. The summed E-state index contributed by atoms with van der Waals surface area (Å²) in [5.41, 5.74) is 0.652. The fourth-order valence-corrected chi connectivity index (χ4v) is 2.35. The summed E-state index contributed by atoms with van der Waals surface area (Å²) in [7, 11) is 0. The highest BCUT2D eigenvalue weighted by atomic mass is 16.3. The fourth-order valence-electron chi connectivity index (χ4n) is 2.35. The Balaban J connectivity index is 2.08. The Kier molecular flexibility index (Phi) is 3.94. The maximum atomic E-state index is 8.98. The van der Waals surface area contributed by atoms with Crippen LogP contribution in [0.1, 0.15) is 24.8 Å². The normalized spacial score (nSPS) is 20.0. The standard InChI is InChI=1S/C13H17N3O/c14-9-12-3-5-15-13(8-12)16-6-1-2-11(10-16)4-7-17/h3,5,8,11,17H,1-2,4,6-7,10H2. The molecule has 0 bridgehead atoms. The van der Waals surface area contributed by atoms with Gasteiger partial charge in [-0.15, -0.1) is 0 Å². The van der Waals surface area contributed by atoms with E-state index in [0.717, 1.165) is 31.7 Å². The van der Waals surface area contributed by atoms with Gasteiger partial charge in [-0.2, -0.15) is 5.26 Å². The average molecular weight is 231 g/mol. The first-order valence-electron chi connectivity index (χ1n) is 6.05. The van der Waals surface area contributed by atoms with Crippen molar-refractivity contribution in [3.8, 4) is 6.07 Å². The molecule has 2 rings (SSSR count). The summed E-state index contributed by atoms with van der Waals surface area (Å²) in [6.45, 7) is 2.18. The molecule has 0 radical (unpaired) electrons. The third-order valence-electron chi connectivity index (χ3n) is 3.25. The van der Waals surface area contributed by atoms with Gasteiger partial charge in [0, 0.05) is 25.9 Å². The van der Waals surface area contributed by atoms with Crippen LogP contribution in [0, 0.1) is 17.2 Å². The van der Waals surface area contributed by atoms with E-state index in [4.69, 9.17) is 10.4 Å². The van der Waals surface area contributed by atoms with Crippen LogP contribution >= 0.6 is 0 Å². The van der Waals surface area contributed by atoms with E-state index in [-0.39, 0.29) is 6.61 Å². The minimum atomic E-state index is 0.254. The van der Waals surface area contributed by atoms with E-state index >= 15 is 0 Å². The number of piperidine rings is 1. The summed E-state index contributed by atoms with van der Waals surface area (Å²) in [6.07, 6.45) is 4.84. The zero-order valence-corrected chi connectivity index (χ0v) is 9.84. The zero-order chi connectivity index (χ0) is 12.1. The molecule has 4 heteroatoms. The van der Waals surface area contributed by atoms with E-state index in [1.807, 2.05) is 6.07 Å². The van der Waals surface area contributed by atoms with Gasteiger partial charge in [0.05, 0.1) is 11.6 Å². The molecule has 2 heterocycles. The van der Waals surface area contributed by atoms with Gasteiger partial charge in [0.1, 0.15) is 5.82 Å². The highest BCUT2D eigenvalue weighted by molar-refractivity contribution is 5.45. The van der Waals surface area contributed by atoms with Gasteiger partial charge in [-0.25, -0.2) is 4.98 Å². The molecule has 1 aromatic rings. The second-order valence-corrected chi connectivity index (χ2v) is 4.48. The quantitative estimate of drug-likeness (QED) is 0.857. The maximum absolute atomic E-state index is 8.98. The molecule has 1 atom stereocenters. The number of nitrogens with zero attached hydrogens (tertiary/aromatic N) is 3. The van der Waals surface area contributed by atoms with Gasteiger partial charge in [0.25, 0.3) is 0 Å². The second kappa shape index (κ2) is 5.65. The number of nitriles is 1. The monoisotopic (exact) mass is 231 g/mol. The molecule has 1 aliphatic heterocycles. The molecule has 1 fully saturated rings. The SMILES string of the molecule is N#Cc1ccnc(N2CCCC(CCO)C2)c1. The van der Waals surface area contributed by atoms with Crippen molar-refractivity contribution in [2.45, 2.75) is 19.3 Å². The minimum absolute atomic E-state index is 0.254. The lowest BCUT2D eigenvalue weighted by molar-refractivity contribution is 0.244. The van der Waals surface area contributed by atoms with Crippen LogP contribution in [0.5, 0.6) is 0 Å². The lowest BCUT2D eigenvalue weighted by Gasteiger charge is -2.33. The Morgan fingerprint density at radius 1 is 1.59 bits per heavy atom. The first kappa shape index (κ1) is 11.9. The van der Waals surface area contributed by atoms with Gasteiger partial charge >= 0.3 is 0 Å². The number of hydrogen-bond donors (Lipinski definition) is 1. The van der Waals surface area contributed by atoms with E-state index in [0.29, 0.717) is 11.5 Å². The van der Waals surface area contributed by atoms with Crippen molar-refractivity contribution in [2.75, 3.05) is 24.6 Å². The Hall–Kier alpha value is -1.60. The molecule has 0 aliphatic carbocycles. The van der Waals surface area contributed by atoms with Crippen molar-refractivity contribution in [2.24, 2.45) is 5.92 Å². The molecule has 0 spiro atoms. The number of aromatic nitrogens is 1. The number of pyridine rings is 1. The predicted molar refractivity (Wildman–Crippen MR) is 65.6 cm³/mol. The van der Waals surface area contributed by atoms with Gasteiger partial charge in [-0.3, -0.25) is 0 Å². The molecule has 0 aromatic carbocycles. The Bertz CT molecular complexity index is 411. The molecule has 1 aliphatic rings. The topological polar surface area (TPSA) is 60.2 Å². The number of rotatable bonds is 3. The van der Waals surface area contributed by atoms with Gasteiger partial charge in [-0.05, 0) is 37.3 Å². The van der Waals surface area contributed by atoms with Crippen LogP contribution in [-0.2, 0) is 0 Å². The van der Waals surface area contributed by atoms with E-state index < -0.39 is 0 Å². The van der Waals surface area contributed by atoms with E-state index in [9.17, 15) is 0 Å². The molecule has 1 unspecified atom stereocenters. The molecule has 0 saturated carbocycles. The molecular weight excluding hydrogens is 214 g/mol. The van der Waals surface area contributed by atoms with E-state index in [1.54, 1.807) is 12.3 Å². The van der Waals surface area contributed by atoms with Gasteiger partial charge in [0.15, 0.2) is 0 Å². The zero-order valence-electron chi connectivity index (χ0n) is 9.84. The van der Waals surface area contributed by atoms with E-state index in [1.165, 1.54) is 6.42 Å². The summed E-state index contributed by atoms with van der Waals surface area (Å²) < 4.78 is 0. The van der Waals surface area contributed by atoms with Crippen LogP contribution in [0.3, 0.4) is 0 Å². The number of aliphatic hydroxyl groups is 1. The smallest absolute Gasteiger partial charge is 0.129 e. The summed E-state index contributed by atoms with van der Waals surface area (Å²) >= 11 is 0. The van der Waals surface area contributed by atoms with Crippen LogP contribution in [-0.4, -0.2) is 29.8 Å². The van der Waals surface area contributed by atoms with Crippen LogP contribution in [0.25, 0.3) is 0 Å². The molecule has 90 valence electrons. The molecular formula is C13H17N3O. The third-order valence-corrected chi connectivity index (χ3v) is 3.25. The molecule has 1 saturated heterocycles. The van der Waals surface area contributed by atoms with Crippen LogP contribution in [0.2, 0.25) is 0 Å². The summed E-state index contributed by atoms with van der Waals surface area (Å²) in [6, 6.07) is 5.69. The number of anilines is 1. The number of hydrogen-bond acceptors (Lipinski definition) is 4. The van der Waals surface area contributed by atoms with Gasteiger partial charge in [-0.1, -0.05) is 0 Å². The van der Waals surface area contributed by atoms with Crippen LogP contribution < -0.4 is 4.90 Å². The van der Waals surface area contributed by atoms with Crippen molar-refractivity contribution in [3.63, 3.8) is 0 Å². The second-order valence-electron chi connectivity index (χ2n) is 4.48. The largest absolute Gasteiger partial charge is 0.396 e. The molecule has 0 amide bonds. The number of aliphatic hydroxyl groups excluding tert-OH is 1. The first-order chi connectivity index (χ1) is 8.33. The van der Waals surface area contributed by atoms with Gasteiger partial charge < -0.3 is 10.0 Å². The molecule has 1 aromatic heterocycles. The highest BCUT2D eigenvalue weighted by Gasteiger charge is 2.20. The molecule has 4 nitrogen and oxygen atoms in total. The molecule has 17 heavy (non-hydrogen) atoms. The summed E-state index contributed by atoms with van der Waals surface area (Å²) in [4.78, 5) is 6.53. The average Bonchev–Trinajstić information content (AvgIpc) is 2.40. The van der Waals surface area contributed by atoms with Crippen molar-refractivity contribution < 1.29 is 5.11 Å². The van der Waals surface area contributed by atoms with Crippen molar-refractivity contribution in [3.05, 3.63) is 23.9 Å². The van der Waals surface area contributed by atoms with Crippen molar-refractivity contribution in [1.29, 1.82) is 5.26 Å². The lowest BCUT2D eigenvalue weighted by atomic mass is 9.95. The fraction of sp³-hybridized carbons (Fsp3) is 0.538. The van der Waals surface area contributed by atoms with Crippen LogP contribution in [0.4, 0.5) is 5.82 Å². The Morgan fingerprint density at radius 3 is 3.24 bits per heavy atom. The van der Waals surface area contributed by atoms with Gasteiger partial charge in [0.2, 0.25) is 0 Å². The Morgan fingerprint density at radius 2 is 2.47 bits per heavy atom.